The Balaban J connectivity index is 1.69. The van der Waals surface area contributed by atoms with E-state index in [9.17, 15) is 9.59 Å². The smallest absolute Gasteiger partial charge is 0.264 e. The average molecular weight is 493 g/mol. The van der Waals surface area contributed by atoms with Crippen molar-refractivity contribution in [3.05, 3.63) is 27.1 Å². The summed E-state index contributed by atoms with van der Waals surface area (Å²) in [6, 6.07) is 5.37. The van der Waals surface area contributed by atoms with Crippen molar-refractivity contribution < 1.29 is 14.3 Å². The predicted molar refractivity (Wildman–Crippen MR) is 106 cm³/mol. The number of carbonyl (C=O) groups excluding carboxylic acids is 2. The van der Waals surface area contributed by atoms with E-state index in [0.29, 0.717) is 5.75 Å². The van der Waals surface area contributed by atoms with Crippen LogP contribution in [0, 0.1) is 5.92 Å². The molecule has 1 aromatic carbocycles. The first-order valence-electron chi connectivity index (χ1n) is 7.93. The number of nitrogens with one attached hydrogen (secondary N) is 3. The van der Waals surface area contributed by atoms with Crippen molar-refractivity contribution in [2.75, 3.05) is 6.61 Å². The maximum Gasteiger partial charge on any atom is 0.264 e. The number of halogens is 2. The largest absolute Gasteiger partial charge is 0.483 e. The molecule has 1 aromatic rings. The van der Waals surface area contributed by atoms with Gasteiger partial charge in [-0.1, -0.05) is 35.2 Å². The Hall–Kier alpha value is -1.19. The van der Waals surface area contributed by atoms with Crippen molar-refractivity contribution in [1.82, 2.24) is 16.2 Å². The van der Waals surface area contributed by atoms with Crippen LogP contribution in [0.15, 0.2) is 27.1 Å². The van der Waals surface area contributed by atoms with Crippen molar-refractivity contribution in [3.8, 4) is 5.75 Å². The number of rotatable bonds is 4. The number of benzene rings is 1. The molecule has 6 nitrogen and oxygen atoms in total. The molecule has 0 heterocycles. The molecule has 0 atom stereocenters. The summed E-state index contributed by atoms with van der Waals surface area (Å²) in [5.41, 5.74) is 5.10. The molecule has 9 heteroatoms. The first-order chi connectivity index (χ1) is 12.0. The molecule has 2 amide bonds. The van der Waals surface area contributed by atoms with Crippen LogP contribution >= 0.6 is 44.1 Å². The molecule has 1 saturated carbocycles. The Labute approximate surface area is 168 Å². The number of hydrogen-bond acceptors (Lipinski definition) is 4. The van der Waals surface area contributed by atoms with E-state index in [2.05, 4.69) is 48.0 Å². The van der Waals surface area contributed by atoms with Gasteiger partial charge < -0.3 is 4.74 Å². The first-order valence-corrected chi connectivity index (χ1v) is 9.92. The minimum atomic E-state index is -0.417. The minimum absolute atomic E-state index is 0.0119. The highest BCUT2D eigenvalue weighted by Crippen LogP contribution is 2.28. The van der Waals surface area contributed by atoms with E-state index in [4.69, 9.17) is 17.0 Å². The maximum atomic E-state index is 12.0. The van der Waals surface area contributed by atoms with Crippen molar-refractivity contribution >= 4 is 61.0 Å². The van der Waals surface area contributed by atoms with Crippen LogP contribution in [-0.2, 0) is 9.59 Å². The summed E-state index contributed by atoms with van der Waals surface area (Å²) in [5.74, 6) is 0.0474. The van der Waals surface area contributed by atoms with Crippen LogP contribution in [0.2, 0.25) is 0 Å². The van der Waals surface area contributed by atoms with E-state index in [1.165, 1.54) is 6.42 Å². The Morgan fingerprint density at radius 3 is 2.56 bits per heavy atom. The zero-order chi connectivity index (χ0) is 18.2. The van der Waals surface area contributed by atoms with Gasteiger partial charge in [0.1, 0.15) is 5.75 Å². The van der Waals surface area contributed by atoms with E-state index in [1.54, 1.807) is 6.07 Å². The molecular formula is C16H19Br2N3O3S. The van der Waals surface area contributed by atoms with Gasteiger partial charge in [0, 0.05) is 10.4 Å². The van der Waals surface area contributed by atoms with Crippen molar-refractivity contribution in [3.63, 3.8) is 0 Å². The summed E-state index contributed by atoms with van der Waals surface area (Å²) in [4.78, 5) is 23.8. The topological polar surface area (TPSA) is 79.5 Å². The standard InChI is InChI=1S/C16H19Br2N3O3S/c17-11-6-7-13(12(18)8-11)24-9-14(22)19-16(25)21-20-15(23)10-4-2-1-3-5-10/h6-8,10H,1-5,9H2,(H,20,23)(H2,19,21,22,25). The molecule has 2 rings (SSSR count). The summed E-state index contributed by atoms with van der Waals surface area (Å²) in [7, 11) is 0. The second-order valence-electron chi connectivity index (χ2n) is 5.69. The fourth-order valence-electron chi connectivity index (χ4n) is 2.51. The quantitative estimate of drug-likeness (QED) is 0.444. The van der Waals surface area contributed by atoms with Gasteiger partial charge in [-0.25, -0.2) is 0 Å². The number of carbonyl (C=O) groups is 2. The average Bonchev–Trinajstić information content (AvgIpc) is 2.59. The third-order valence-corrected chi connectivity index (χ3v) is 5.10. The molecule has 0 unspecified atom stereocenters. The molecule has 0 radical (unpaired) electrons. The van der Waals surface area contributed by atoms with Crippen LogP contribution in [0.5, 0.6) is 5.75 Å². The molecule has 1 fully saturated rings. The molecule has 0 aliphatic heterocycles. The number of ether oxygens (including phenoxy) is 1. The van der Waals surface area contributed by atoms with E-state index in [-0.39, 0.29) is 23.5 Å². The molecule has 1 aliphatic carbocycles. The van der Waals surface area contributed by atoms with Crippen LogP contribution in [-0.4, -0.2) is 23.5 Å². The second-order valence-corrected chi connectivity index (χ2v) is 7.87. The van der Waals surface area contributed by atoms with Crippen LogP contribution in [0.3, 0.4) is 0 Å². The fraction of sp³-hybridized carbons (Fsp3) is 0.438. The monoisotopic (exact) mass is 491 g/mol. The van der Waals surface area contributed by atoms with E-state index in [0.717, 1.165) is 34.6 Å². The molecule has 25 heavy (non-hydrogen) atoms. The third-order valence-electron chi connectivity index (χ3n) is 3.78. The van der Waals surface area contributed by atoms with Crippen molar-refractivity contribution in [2.24, 2.45) is 5.92 Å². The number of thiocarbonyl (C=S) groups is 1. The number of hydrogen-bond donors (Lipinski definition) is 3. The van der Waals surface area contributed by atoms with Gasteiger partial charge in [0.15, 0.2) is 11.7 Å². The van der Waals surface area contributed by atoms with Crippen LogP contribution in [0.4, 0.5) is 0 Å². The van der Waals surface area contributed by atoms with Gasteiger partial charge in [0.05, 0.1) is 4.47 Å². The lowest BCUT2D eigenvalue weighted by atomic mass is 9.89. The zero-order valence-corrected chi connectivity index (χ0v) is 17.4. The summed E-state index contributed by atoms with van der Waals surface area (Å²) >= 11 is 11.7. The second kappa shape index (κ2) is 10.1. The van der Waals surface area contributed by atoms with Gasteiger partial charge in [-0.15, -0.1) is 0 Å². The van der Waals surface area contributed by atoms with Crippen molar-refractivity contribution in [1.29, 1.82) is 0 Å². The number of amides is 2. The summed E-state index contributed by atoms with van der Waals surface area (Å²) in [5, 5.41) is 2.49. The Morgan fingerprint density at radius 2 is 1.88 bits per heavy atom. The SMILES string of the molecule is O=C(COc1ccc(Br)cc1Br)NC(=S)NNC(=O)C1CCCCC1. The molecule has 0 spiro atoms. The molecular weight excluding hydrogens is 474 g/mol. The molecule has 1 aliphatic rings. The highest BCUT2D eigenvalue weighted by atomic mass is 79.9. The van der Waals surface area contributed by atoms with Gasteiger partial charge in [0.2, 0.25) is 5.91 Å². The summed E-state index contributed by atoms with van der Waals surface area (Å²) in [6.07, 6.45) is 5.11. The maximum absolute atomic E-state index is 12.0. The van der Waals surface area contributed by atoms with Gasteiger partial charge in [0.25, 0.3) is 5.91 Å². The van der Waals surface area contributed by atoms with E-state index < -0.39 is 5.91 Å². The Bertz CT molecular complexity index is 652. The van der Waals surface area contributed by atoms with Crippen molar-refractivity contribution in [2.45, 2.75) is 32.1 Å². The molecule has 0 saturated heterocycles. The van der Waals surface area contributed by atoms with Gasteiger partial charge in [-0.2, -0.15) is 0 Å². The van der Waals surface area contributed by atoms with Crippen LogP contribution < -0.4 is 20.9 Å². The molecule has 0 aromatic heterocycles. The molecule has 0 bridgehead atoms. The van der Waals surface area contributed by atoms with Gasteiger partial charge in [-0.3, -0.25) is 25.8 Å². The van der Waals surface area contributed by atoms with Crippen LogP contribution in [0.1, 0.15) is 32.1 Å². The van der Waals surface area contributed by atoms with Gasteiger partial charge >= 0.3 is 0 Å². The number of hydrazine groups is 1. The highest BCUT2D eigenvalue weighted by molar-refractivity contribution is 9.11. The third kappa shape index (κ3) is 6.91. The molecule has 3 N–H and O–H groups in total. The lowest BCUT2D eigenvalue weighted by molar-refractivity contribution is -0.126. The van der Waals surface area contributed by atoms with Gasteiger partial charge in [-0.05, 0) is 59.2 Å². The summed E-state index contributed by atoms with van der Waals surface area (Å²) in [6.45, 7) is -0.196. The molecule has 136 valence electrons. The zero-order valence-electron chi connectivity index (χ0n) is 13.4. The predicted octanol–water partition coefficient (Wildman–Crippen LogP) is 3.19. The fourth-order valence-corrected chi connectivity index (χ4v) is 3.84. The van der Waals surface area contributed by atoms with E-state index in [1.807, 2.05) is 12.1 Å². The van der Waals surface area contributed by atoms with Crippen LogP contribution in [0.25, 0.3) is 0 Å². The lowest BCUT2D eigenvalue weighted by Crippen LogP contribution is -2.51. The van der Waals surface area contributed by atoms with E-state index >= 15 is 0 Å². The first kappa shape index (κ1) is 20.1. The Morgan fingerprint density at radius 1 is 1.16 bits per heavy atom. The normalized spacial score (nSPS) is 14.5. The highest BCUT2D eigenvalue weighted by Gasteiger charge is 2.21. The minimum Gasteiger partial charge on any atom is -0.483 e. The Kier molecular flexibility index (Phi) is 8.11. The lowest BCUT2D eigenvalue weighted by Gasteiger charge is -2.21. The summed E-state index contributed by atoms with van der Waals surface area (Å²) < 4.78 is 7.05.